The number of nitriles is 1. The second-order valence-corrected chi connectivity index (χ2v) is 7.07. The number of nitrogens with zero attached hydrogens (tertiary/aromatic N) is 1. The number of anilines is 1. The first-order chi connectivity index (χ1) is 14.4. The fourth-order valence-electron chi connectivity index (χ4n) is 2.76. The topological polar surface area (TPSA) is 100 Å². The summed E-state index contributed by atoms with van der Waals surface area (Å²) in [6.45, 7) is 4.18. The van der Waals surface area contributed by atoms with E-state index in [0.717, 1.165) is 5.56 Å². The predicted molar refractivity (Wildman–Crippen MR) is 114 cm³/mol. The number of carbonyl (C=O) groups is 2. The summed E-state index contributed by atoms with van der Waals surface area (Å²) >= 11 is 0. The molecule has 2 N–H and O–H groups in total. The molecule has 0 bridgehead atoms. The van der Waals surface area contributed by atoms with Crippen LogP contribution in [0.4, 0.5) is 5.69 Å². The lowest BCUT2D eigenvalue weighted by Gasteiger charge is -2.11. The van der Waals surface area contributed by atoms with E-state index in [1.54, 1.807) is 30.3 Å². The Labute approximate surface area is 177 Å². The zero-order valence-corrected chi connectivity index (χ0v) is 17.5. The SMILES string of the molecule is COc1cc(C#N)ccc1OCCCC(=O)Nc1ccc(CC(=O)NC(C)C)cc1. The summed E-state index contributed by atoms with van der Waals surface area (Å²) in [6.07, 6.45) is 1.14. The third-order valence-electron chi connectivity index (χ3n) is 4.15. The van der Waals surface area contributed by atoms with Crippen molar-refractivity contribution >= 4 is 17.5 Å². The van der Waals surface area contributed by atoms with E-state index in [9.17, 15) is 9.59 Å². The minimum absolute atomic E-state index is 0.0271. The summed E-state index contributed by atoms with van der Waals surface area (Å²) in [5, 5.41) is 14.6. The Morgan fingerprint density at radius 1 is 1.07 bits per heavy atom. The van der Waals surface area contributed by atoms with Gasteiger partial charge < -0.3 is 20.1 Å². The predicted octanol–water partition coefficient (Wildman–Crippen LogP) is 3.43. The molecule has 7 nitrogen and oxygen atoms in total. The fourth-order valence-corrected chi connectivity index (χ4v) is 2.76. The van der Waals surface area contributed by atoms with Crippen LogP contribution < -0.4 is 20.1 Å². The first-order valence-electron chi connectivity index (χ1n) is 9.80. The average Bonchev–Trinajstić information content (AvgIpc) is 2.72. The molecule has 0 unspecified atom stereocenters. The Balaban J connectivity index is 1.75. The lowest BCUT2D eigenvalue weighted by molar-refractivity contribution is -0.121. The van der Waals surface area contributed by atoms with Gasteiger partial charge in [-0.05, 0) is 50.1 Å². The second kappa shape index (κ2) is 11.5. The van der Waals surface area contributed by atoms with Gasteiger partial charge in [-0.1, -0.05) is 12.1 Å². The monoisotopic (exact) mass is 409 g/mol. The van der Waals surface area contributed by atoms with Crippen molar-refractivity contribution in [3.63, 3.8) is 0 Å². The number of amides is 2. The van der Waals surface area contributed by atoms with Crippen LogP contribution in [0.3, 0.4) is 0 Å². The van der Waals surface area contributed by atoms with Crippen LogP contribution in [0.5, 0.6) is 11.5 Å². The third-order valence-corrected chi connectivity index (χ3v) is 4.15. The van der Waals surface area contributed by atoms with E-state index < -0.39 is 0 Å². The number of rotatable bonds is 10. The molecule has 0 aromatic heterocycles. The summed E-state index contributed by atoms with van der Waals surface area (Å²) in [5.41, 5.74) is 2.06. The summed E-state index contributed by atoms with van der Waals surface area (Å²) in [6, 6.07) is 14.3. The van der Waals surface area contributed by atoms with Crippen molar-refractivity contribution in [2.24, 2.45) is 0 Å². The van der Waals surface area contributed by atoms with Gasteiger partial charge in [0.05, 0.1) is 31.8 Å². The van der Waals surface area contributed by atoms with Crippen molar-refractivity contribution in [3.05, 3.63) is 53.6 Å². The van der Waals surface area contributed by atoms with Gasteiger partial charge in [0.25, 0.3) is 0 Å². The van der Waals surface area contributed by atoms with E-state index >= 15 is 0 Å². The van der Waals surface area contributed by atoms with Crippen LogP contribution in [0.1, 0.15) is 37.8 Å². The standard InChI is InChI=1S/C23H27N3O4/c1-16(2)25-23(28)14-17-6-9-19(10-7-17)26-22(27)5-4-12-30-20-11-8-18(15-24)13-21(20)29-3/h6-11,13,16H,4-5,12,14H2,1-3H3,(H,25,28)(H,26,27). The van der Waals surface area contributed by atoms with E-state index in [2.05, 4.69) is 10.6 Å². The van der Waals surface area contributed by atoms with Crippen molar-refractivity contribution in [2.75, 3.05) is 19.0 Å². The van der Waals surface area contributed by atoms with Crippen LogP contribution in [0.25, 0.3) is 0 Å². The lowest BCUT2D eigenvalue weighted by atomic mass is 10.1. The summed E-state index contributed by atoms with van der Waals surface area (Å²) in [7, 11) is 1.51. The fraction of sp³-hybridized carbons (Fsp3) is 0.348. The summed E-state index contributed by atoms with van der Waals surface area (Å²) in [4.78, 5) is 23.9. The van der Waals surface area contributed by atoms with E-state index in [-0.39, 0.29) is 17.9 Å². The molecule has 0 fully saturated rings. The van der Waals surface area contributed by atoms with Crippen molar-refractivity contribution in [1.82, 2.24) is 5.32 Å². The van der Waals surface area contributed by atoms with Crippen LogP contribution in [-0.4, -0.2) is 31.6 Å². The molecule has 30 heavy (non-hydrogen) atoms. The Hall–Kier alpha value is -3.53. The molecule has 7 heteroatoms. The van der Waals surface area contributed by atoms with Gasteiger partial charge in [0.2, 0.25) is 11.8 Å². The molecule has 0 aliphatic rings. The molecule has 0 saturated heterocycles. The zero-order valence-electron chi connectivity index (χ0n) is 17.5. The molecule has 2 aromatic carbocycles. The largest absolute Gasteiger partial charge is 0.493 e. The molecule has 0 spiro atoms. The van der Waals surface area contributed by atoms with Crippen LogP contribution >= 0.6 is 0 Å². The highest BCUT2D eigenvalue weighted by Gasteiger charge is 2.08. The van der Waals surface area contributed by atoms with Gasteiger partial charge in [0.1, 0.15) is 0 Å². The highest BCUT2D eigenvalue weighted by molar-refractivity contribution is 5.90. The van der Waals surface area contributed by atoms with Crippen LogP contribution in [-0.2, 0) is 16.0 Å². The Morgan fingerprint density at radius 3 is 2.43 bits per heavy atom. The molecule has 2 rings (SSSR count). The van der Waals surface area contributed by atoms with E-state index in [1.807, 2.05) is 32.0 Å². The number of carbonyl (C=O) groups excluding carboxylic acids is 2. The third kappa shape index (κ3) is 7.47. The van der Waals surface area contributed by atoms with Crippen LogP contribution in [0.2, 0.25) is 0 Å². The maximum atomic E-state index is 12.1. The lowest BCUT2D eigenvalue weighted by Crippen LogP contribution is -2.31. The summed E-state index contributed by atoms with van der Waals surface area (Å²) in [5.74, 6) is 0.881. The number of hydrogen-bond acceptors (Lipinski definition) is 5. The number of ether oxygens (including phenoxy) is 2. The number of methoxy groups -OCH3 is 1. The highest BCUT2D eigenvalue weighted by atomic mass is 16.5. The molecule has 0 saturated carbocycles. The molecule has 0 aliphatic carbocycles. The minimum atomic E-state index is -0.115. The molecule has 0 heterocycles. The van der Waals surface area contributed by atoms with Crippen LogP contribution in [0.15, 0.2) is 42.5 Å². The Kier molecular flexibility index (Phi) is 8.70. The zero-order chi connectivity index (χ0) is 21.9. The average molecular weight is 409 g/mol. The van der Waals surface area contributed by atoms with Gasteiger partial charge in [-0.25, -0.2) is 0 Å². The Bertz CT molecular complexity index is 902. The van der Waals surface area contributed by atoms with Crippen molar-refractivity contribution in [3.8, 4) is 17.6 Å². The smallest absolute Gasteiger partial charge is 0.224 e. The highest BCUT2D eigenvalue weighted by Crippen LogP contribution is 2.28. The number of benzene rings is 2. The van der Waals surface area contributed by atoms with Crippen LogP contribution in [0, 0.1) is 11.3 Å². The van der Waals surface area contributed by atoms with Gasteiger partial charge in [-0.2, -0.15) is 5.26 Å². The van der Waals surface area contributed by atoms with Crippen molar-refractivity contribution < 1.29 is 19.1 Å². The maximum absolute atomic E-state index is 12.1. The minimum Gasteiger partial charge on any atom is -0.493 e. The van der Waals surface area contributed by atoms with E-state index in [0.29, 0.717) is 48.6 Å². The van der Waals surface area contributed by atoms with Crippen molar-refractivity contribution in [1.29, 1.82) is 5.26 Å². The molecule has 0 atom stereocenters. The molecular formula is C23H27N3O4. The second-order valence-electron chi connectivity index (χ2n) is 7.07. The van der Waals surface area contributed by atoms with Gasteiger partial charge in [-0.3, -0.25) is 9.59 Å². The molecule has 2 aromatic rings. The number of nitrogens with one attached hydrogen (secondary N) is 2. The van der Waals surface area contributed by atoms with Gasteiger partial charge >= 0.3 is 0 Å². The maximum Gasteiger partial charge on any atom is 0.224 e. The van der Waals surface area contributed by atoms with Gasteiger partial charge in [0, 0.05) is 24.2 Å². The Morgan fingerprint density at radius 2 is 1.80 bits per heavy atom. The summed E-state index contributed by atoms with van der Waals surface area (Å²) < 4.78 is 10.9. The first kappa shape index (κ1) is 22.8. The van der Waals surface area contributed by atoms with Crippen molar-refractivity contribution in [2.45, 2.75) is 39.2 Å². The molecule has 2 amide bonds. The van der Waals surface area contributed by atoms with Gasteiger partial charge in [0.15, 0.2) is 11.5 Å². The molecule has 0 radical (unpaired) electrons. The van der Waals surface area contributed by atoms with E-state index in [1.165, 1.54) is 7.11 Å². The quantitative estimate of drug-likeness (QED) is 0.586. The first-order valence-corrected chi connectivity index (χ1v) is 9.80. The molecular weight excluding hydrogens is 382 g/mol. The number of hydrogen-bond donors (Lipinski definition) is 2. The normalized spacial score (nSPS) is 10.2. The molecule has 158 valence electrons. The van der Waals surface area contributed by atoms with Gasteiger partial charge in [-0.15, -0.1) is 0 Å². The van der Waals surface area contributed by atoms with E-state index in [4.69, 9.17) is 14.7 Å². The molecule has 0 aliphatic heterocycles.